The summed E-state index contributed by atoms with van der Waals surface area (Å²) < 4.78 is 6.38. The normalized spacial score (nSPS) is 11.6. The minimum Gasteiger partial charge on any atom is -0.434 e. The van der Waals surface area contributed by atoms with Gasteiger partial charge >= 0.3 is 0 Å². The minimum absolute atomic E-state index is 0.196. The fraction of sp³-hybridized carbons (Fsp3) is 0.138. The number of hydrogen-bond donors (Lipinski definition) is 0. The summed E-state index contributed by atoms with van der Waals surface area (Å²) in [7, 11) is 0. The molecule has 0 spiro atoms. The van der Waals surface area contributed by atoms with Gasteiger partial charge in [-0.1, -0.05) is 72.8 Å². The fourth-order valence-electron chi connectivity index (χ4n) is 4.20. The molecule has 5 aromatic rings. The molecule has 5 rings (SSSR count). The van der Waals surface area contributed by atoms with Crippen molar-refractivity contribution in [3.05, 3.63) is 103 Å². The van der Waals surface area contributed by atoms with Crippen molar-refractivity contribution in [2.45, 2.75) is 26.3 Å². The van der Waals surface area contributed by atoms with Gasteiger partial charge in [0.1, 0.15) is 5.52 Å². The van der Waals surface area contributed by atoms with E-state index in [2.05, 4.69) is 86.3 Å². The van der Waals surface area contributed by atoms with E-state index < -0.39 is 0 Å². The average molecular weight is 419 g/mol. The SMILES string of the molecule is CC(C)(C)N(c1ccccc1-c1ccccc1)c1cccc2nc(-c3ccccc3)oc12. The summed E-state index contributed by atoms with van der Waals surface area (Å²) in [5, 5.41) is 0. The molecule has 0 fully saturated rings. The van der Waals surface area contributed by atoms with Crippen LogP contribution in [-0.4, -0.2) is 10.5 Å². The molecule has 3 nitrogen and oxygen atoms in total. The summed E-state index contributed by atoms with van der Waals surface area (Å²) in [4.78, 5) is 7.15. The maximum absolute atomic E-state index is 6.38. The highest BCUT2D eigenvalue weighted by molar-refractivity contribution is 5.94. The number of hydrogen-bond acceptors (Lipinski definition) is 3. The van der Waals surface area contributed by atoms with E-state index in [0.717, 1.165) is 28.0 Å². The van der Waals surface area contributed by atoms with E-state index in [0.29, 0.717) is 5.89 Å². The first-order chi connectivity index (χ1) is 15.5. The van der Waals surface area contributed by atoms with Crippen LogP contribution in [0, 0.1) is 0 Å². The second-order valence-electron chi connectivity index (χ2n) is 8.90. The Morgan fingerprint density at radius 1 is 0.625 bits per heavy atom. The summed E-state index contributed by atoms with van der Waals surface area (Å²) >= 11 is 0. The van der Waals surface area contributed by atoms with Crippen LogP contribution < -0.4 is 4.90 Å². The maximum atomic E-state index is 6.38. The molecule has 158 valence electrons. The van der Waals surface area contributed by atoms with E-state index in [1.54, 1.807) is 0 Å². The second kappa shape index (κ2) is 8.01. The molecule has 0 N–H and O–H groups in total. The Morgan fingerprint density at radius 2 is 1.22 bits per heavy atom. The van der Waals surface area contributed by atoms with Gasteiger partial charge in [-0.3, -0.25) is 0 Å². The third-order valence-electron chi connectivity index (χ3n) is 5.56. The van der Waals surface area contributed by atoms with Gasteiger partial charge in [0.05, 0.1) is 5.69 Å². The number of rotatable bonds is 4. The molecule has 0 bridgehead atoms. The molecular weight excluding hydrogens is 392 g/mol. The van der Waals surface area contributed by atoms with Crippen molar-refractivity contribution >= 4 is 22.5 Å². The number of anilines is 2. The van der Waals surface area contributed by atoms with Gasteiger partial charge in [-0.05, 0) is 56.7 Å². The van der Waals surface area contributed by atoms with Crippen molar-refractivity contribution in [3.63, 3.8) is 0 Å². The molecule has 1 aromatic heterocycles. The van der Waals surface area contributed by atoms with Crippen LogP contribution in [0.25, 0.3) is 33.7 Å². The number of nitrogens with zero attached hydrogens (tertiary/aromatic N) is 2. The second-order valence-corrected chi connectivity index (χ2v) is 8.90. The van der Waals surface area contributed by atoms with Crippen LogP contribution in [0.3, 0.4) is 0 Å². The molecule has 0 radical (unpaired) electrons. The number of benzene rings is 4. The van der Waals surface area contributed by atoms with Crippen molar-refractivity contribution in [2.75, 3.05) is 4.90 Å². The molecule has 3 heteroatoms. The van der Waals surface area contributed by atoms with E-state index in [1.807, 2.05) is 42.5 Å². The molecule has 0 saturated heterocycles. The predicted octanol–water partition coefficient (Wildman–Crippen LogP) is 8.10. The van der Waals surface area contributed by atoms with Crippen molar-refractivity contribution in [2.24, 2.45) is 0 Å². The van der Waals surface area contributed by atoms with Crippen molar-refractivity contribution in [3.8, 4) is 22.6 Å². The van der Waals surface area contributed by atoms with E-state index in [-0.39, 0.29) is 5.54 Å². The lowest BCUT2D eigenvalue weighted by molar-refractivity contribution is 0.554. The molecule has 0 aliphatic carbocycles. The largest absolute Gasteiger partial charge is 0.434 e. The third kappa shape index (κ3) is 3.67. The highest BCUT2D eigenvalue weighted by atomic mass is 16.3. The Bertz CT molecular complexity index is 1350. The van der Waals surface area contributed by atoms with Crippen LogP contribution in [0.5, 0.6) is 0 Å². The Morgan fingerprint density at radius 3 is 1.91 bits per heavy atom. The summed E-state index contributed by atoms with van der Waals surface area (Å²) in [6.07, 6.45) is 0. The lowest BCUT2D eigenvalue weighted by Gasteiger charge is -2.39. The van der Waals surface area contributed by atoms with Crippen LogP contribution in [0.4, 0.5) is 11.4 Å². The molecule has 1 heterocycles. The van der Waals surface area contributed by atoms with Crippen LogP contribution >= 0.6 is 0 Å². The number of aromatic nitrogens is 1. The summed E-state index contributed by atoms with van der Waals surface area (Å²) in [6, 6.07) is 35.3. The molecule has 0 unspecified atom stereocenters. The molecular formula is C29H26N2O. The fourth-order valence-corrected chi connectivity index (χ4v) is 4.20. The van der Waals surface area contributed by atoms with Crippen LogP contribution in [0.1, 0.15) is 20.8 Å². The lowest BCUT2D eigenvalue weighted by atomic mass is 9.97. The maximum Gasteiger partial charge on any atom is 0.227 e. The van der Waals surface area contributed by atoms with Crippen molar-refractivity contribution in [1.82, 2.24) is 4.98 Å². The first-order valence-electron chi connectivity index (χ1n) is 10.9. The number of fused-ring (bicyclic) bond motifs is 1. The van der Waals surface area contributed by atoms with E-state index >= 15 is 0 Å². The quantitative estimate of drug-likeness (QED) is 0.295. The van der Waals surface area contributed by atoms with Gasteiger partial charge in [0.25, 0.3) is 0 Å². The van der Waals surface area contributed by atoms with Gasteiger partial charge in [-0.25, -0.2) is 4.98 Å². The Balaban J connectivity index is 1.73. The lowest BCUT2D eigenvalue weighted by Crippen LogP contribution is -2.38. The van der Waals surface area contributed by atoms with Crippen molar-refractivity contribution in [1.29, 1.82) is 0 Å². The number of para-hydroxylation sites is 2. The van der Waals surface area contributed by atoms with Gasteiger partial charge in [0.2, 0.25) is 5.89 Å². The van der Waals surface area contributed by atoms with Gasteiger partial charge in [0, 0.05) is 22.4 Å². The third-order valence-corrected chi connectivity index (χ3v) is 5.56. The van der Waals surface area contributed by atoms with Crippen LogP contribution in [0.15, 0.2) is 108 Å². The molecule has 4 aromatic carbocycles. The number of oxazole rings is 1. The Labute approximate surface area is 189 Å². The molecule has 0 saturated carbocycles. The molecule has 0 atom stereocenters. The average Bonchev–Trinajstić information content (AvgIpc) is 3.25. The topological polar surface area (TPSA) is 29.3 Å². The predicted molar refractivity (Wildman–Crippen MR) is 133 cm³/mol. The standard InChI is InChI=1S/C29H26N2O/c1-29(2,3)31(25-19-11-10-17-23(25)21-13-6-4-7-14-21)26-20-12-18-24-27(26)32-28(30-24)22-15-8-5-9-16-22/h4-20H,1-3H3. The monoisotopic (exact) mass is 418 g/mol. The summed E-state index contributed by atoms with van der Waals surface area (Å²) in [5.74, 6) is 0.637. The minimum atomic E-state index is -0.196. The first kappa shape index (κ1) is 20.1. The Hall–Kier alpha value is -3.85. The molecule has 0 amide bonds. The highest BCUT2D eigenvalue weighted by Gasteiger charge is 2.28. The van der Waals surface area contributed by atoms with Gasteiger partial charge in [-0.2, -0.15) is 0 Å². The zero-order valence-corrected chi connectivity index (χ0v) is 18.6. The molecule has 0 aliphatic heterocycles. The van der Waals surface area contributed by atoms with Gasteiger partial charge in [-0.15, -0.1) is 0 Å². The Kier molecular flexibility index (Phi) is 5.02. The van der Waals surface area contributed by atoms with E-state index in [4.69, 9.17) is 9.40 Å². The van der Waals surface area contributed by atoms with Gasteiger partial charge < -0.3 is 9.32 Å². The van der Waals surface area contributed by atoms with Crippen LogP contribution in [-0.2, 0) is 0 Å². The van der Waals surface area contributed by atoms with E-state index in [9.17, 15) is 0 Å². The van der Waals surface area contributed by atoms with Gasteiger partial charge in [0.15, 0.2) is 5.58 Å². The smallest absolute Gasteiger partial charge is 0.227 e. The summed E-state index contributed by atoms with van der Waals surface area (Å²) in [6.45, 7) is 6.67. The molecule has 32 heavy (non-hydrogen) atoms. The van der Waals surface area contributed by atoms with Crippen molar-refractivity contribution < 1.29 is 4.42 Å². The zero-order valence-electron chi connectivity index (χ0n) is 18.6. The van der Waals surface area contributed by atoms with Crippen LogP contribution in [0.2, 0.25) is 0 Å². The highest BCUT2D eigenvalue weighted by Crippen LogP contribution is 2.43. The molecule has 0 aliphatic rings. The zero-order chi connectivity index (χ0) is 22.1. The summed E-state index contributed by atoms with van der Waals surface area (Å²) in [5.41, 5.74) is 6.94. The first-order valence-corrected chi connectivity index (χ1v) is 10.9. The van der Waals surface area contributed by atoms with E-state index in [1.165, 1.54) is 11.1 Å².